The van der Waals surface area contributed by atoms with Gasteiger partial charge in [0.2, 0.25) is 0 Å². The molecule has 2 aromatic rings. The number of rotatable bonds is 4. The lowest BCUT2D eigenvalue weighted by Gasteiger charge is -2.37. The van der Waals surface area contributed by atoms with Gasteiger partial charge in [0.05, 0.1) is 19.3 Å². The molecule has 28 heavy (non-hydrogen) atoms. The fraction of sp³-hybridized carbons (Fsp3) is 0.478. The largest absolute Gasteiger partial charge is 0.489 e. The van der Waals surface area contributed by atoms with E-state index in [2.05, 4.69) is 47.9 Å². The van der Waals surface area contributed by atoms with Gasteiger partial charge in [-0.1, -0.05) is 38.1 Å². The minimum atomic E-state index is -0.534. The minimum absolute atomic E-state index is 0.0176. The van der Waals surface area contributed by atoms with Gasteiger partial charge in [-0.25, -0.2) is 0 Å². The summed E-state index contributed by atoms with van der Waals surface area (Å²) in [7, 11) is 0. The van der Waals surface area contributed by atoms with Crippen LogP contribution in [0.3, 0.4) is 0 Å². The molecule has 2 heterocycles. The number of hydrogen-bond donors (Lipinski definition) is 1. The van der Waals surface area contributed by atoms with Crippen molar-refractivity contribution >= 4 is 5.69 Å². The van der Waals surface area contributed by atoms with Crippen LogP contribution in [0, 0.1) is 5.41 Å². The fourth-order valence-corrected chi connectivity index (χ4v) is 3.73. The van der Waals surface area contributed by atoms with E-state index in [0.29, 0.717) is 19.8 Å². The molecule has 1 unspecified atom stereocenters. The molecule has 0 bridgehead atoms. The summed E-state index contributed by atoms with van der Waals surface area (Å²) in [5.41, 5.74) is 2.14. The third-order valence-electron chi connectivity index (χ3n) is 5.51. The van der Waals surface area contributed by atoms with Crippen LogP contribution in [-0.4, -0.2) is 55.9 Å². The molecule has 1 atom stereocenters. The predicted octanol–water partition coefficient (Wildman–Crippen LogP) is 3.34. The number of ether oxygens (including phenoxy) is 2. The zero-order valence-corrected chi connectivity index (χ0v) is 16.8. The Morgan fingerprint density at radius 3 is 2.32 bits per heavy atom. The number of hydrogen-bond acceptors (Lipinski definition) is 5. The Balaban J connectivity index is 1.35. The summed E-state index contributed by atoms with van der Waals surface area (Å²) in [5, 5.41) is 10.8. The normalized spacial score (nSPS) is 20.5. The lowest BCUT2D eigenvalue weighted by Crippen LogP contribution is -2.47. The molecular formula is C23H30N2O3. The zero-order valence-electron chi connectivity index (χ0n) is 16.8. The zero-order chi connectivity index (χ0) is 19.6. The quantitative estimate of drug-likeness (QED) is 0.879. The second-order valence-corrected chi connectivity index (χ2v) is 8.59. The number of aliphatic hydroxyl groups excluding tert-OH is 1. The van der Waals surface area contributed by atoms with E-state index < -0.39 is 6.10 Å². The molecule has 5 heteroatoms. The highest BCUT2D eigenvalue weighted by atomic mass is 16.5. The number of anilines is 1. The van der Waals surface area contributed by atoms with Crippen molar-refractivity contribution in [3.63, 3.8) is 0 Å². The molecule has 0 aliphatic carbocycles. The van der Waals surface area contributed by atoms with E-state index in [4.69, 9.17) is 9.47 Å². The van der Waals surface area contributed by atoms with Crippen molar-refractivity contribution in [3.8, 4) is 11.5 Å². The summed E-state index contributed by atoms with van der Waals surface area (Å²) >= 11 is 0. The molecule has 150 valence electrons. The van der Waals surface area contributed by atoms with E-state index in [1.54, 1.807) is 0 Å². The van der Waals surface area contributed by atoms with Crippen molar-refractivity contribution in [1.82, 2.24) is 4.90 Å². The first-order valence-corrected chi connectivity index (χ1v) is 10.1. The van der Waals surface area contributed by atoms with Gasteiger partial charge in [-0.05, 0) is 29.8 Å². The Hall–Kier alpha value is -2.24. The maximum Gasteiger partial charge on any atom is 0.161 e. The summed E-state index contributed by atoms with van der Waals surface area (Å²) in [4.78, 5) is 4.73. The molecule has 4 rings (SSSR count). The Kier molecular flexibility index (Phi) is 5.47. The molecule has 1 N–H and O–H groups in total. The Labute approximate surface area is 167 Å². The molecule has 0 amide bonds. The average molecular weight is 383 g/mol. The van der Waals surface area contributed by atoms with Crippen LogP contribution < -0.4 is 14.4 Å². The number of aliphatic hydroxyl groups is 1. The van der Waals surface area contributed by atoms with Gasteiger partial charge in [-0.2, -0.15) is 0 Å². The minimum Gasteiger partial charge on any atom is -0.489 e. The average Bonchev–Trinajstić information content (AvgIpc) is 2.87. The van der Waals surface area contributed by atoms with Crippen molar-refractivity contribution < 1.29 is 14.6 Å². The van der Waals surface area contributed by atoms with E-state index in [1.807, 2.05) is 24.3 Å². The second kappa shape index (κ2) is 8.02. The lowest BCUT2D eigenvalue weighted by molar-refractivity contribution is 0.109. The number of fused-ring (bicyclic) bond motifs is 1. The van der Waals surface area contributed by atoms with Gasteiger partial charge in [0.25, 0.3) is 0 Å². The summed E-state index contributed by atoms with van der Waals surface area (Å²) in [6, 6.07) is 16.3. The molecule has 1 fully saturated rings. The number of piperazine rings is 1. The van der Waals surface area contributed by atoms with Crippen LogP contribution in [0.5, 0.6) is 11.5 Å². The summed E-state index contributed by atoms with van der Waals surface area (Å²) < 4.78 is 11.8. The van der Waals surface area contributed by atoms with Crippen molar-refractivity contribution in [2.75, 3.05) is 50.8 Å². The van der Waals surface area contributed by atoms with Crippen LogP contribution in [-0.2, 0) is 0 Å². The maximum atomic E-state index is 10.8. The van der Waals surface area contributed by atoms with E-state index in [0.717, 1.165) is 43.2 Å². The van der Waals surface area contributed by atoms with Gasteiger partial charge in [0.15, 0.2) is 11.5 Å². The molecule has 1 saturated heterocycles. The molecule has 2 aromatic carbocycles. The second-order valence-electron chi connectivity index (χ2n) is 8.59. The van der Waals surface area contributed by atoms with Gasteiger partial charge in [0.1, 0.15) is 0 Å². The molecule has 0 radical (unpaired) electrons. The Morgan fingerprint density at radius 2 is 1.61 bits per heavy atom. The highest BCUT2D eigenvalue weighted by Crippen LogP contribution is 2.35. The van der Waals surface area contributed by atoms with Crippen molar-refractivity contribution in [2.24, 2.45) is 5.41 Å². The van der Waals surface area contributed by atoms with Crippen LogP contribution >= 0.6 is 0 Å². The van der Waals surface area contributed by atoms with E-state index in [1.165, 1.54) is 5.69 Å². The number of para-hydroxylation sites is 1. The van der Waals surface area contributed by atoms with E-state index >= 15 is 0 Å². The number of β-amino-alcohol motifs (C(OH)–C–C–N with tert-alkyl or cyclic N) is 1. The smallest absolute Gasteiger partial charge is 0.161 e. The Bertz CT molecular complexity index is 786. The summed E-state index contributed by atoms with van der Waals surface area (Å²) in [5.74, 6) is 1.49. The SMILES string of the molecule is CC1(C)COc2ccc(C(O)CN3CCN(c4ccccc4)CC3)cc2OC1. The van der Waals surface area contributed by atoms with Gasteiger partial charge in [-0.15, -0.1) is 0 Å². The monoisotopic (exact) mass is 382 g/mol. The lowest BCUT2D eigenvalue weighted by atomic mass is 9.97. The first-order valence-electron chi connectivity index (χ1n) is 10.1. The number of benzene rings is 2. The molecule has 0 saturated carbocycles. The third-order valence-corrected chi connectivity index (χ3v) is 5.51. The highest BCUT2D eigenvalue weighted by Gasteiger charge is 2.26. The van der Waals surface area contributed by atoms with Gasteiger partial charge in [0, 0.05) is 43.8 Å². The van der Waals surface area contributed by atoms with Crippen LogP contribution in [0.25, 0.3) is 0 Å². The molecule has 5 nitrogen and oxygen atoms in total. The fourth-order valence-electron chi connectivity index (χ4n) is 3.73. The molecule has 2 aliphatic rings. The summed E-state index contributed by atoms with van der Waals surface area (Å²) in [6.07, 6.45) is -0.534. The van der Waals surface area contributed by atoms with E-state index in [9.17, 15) is 5.11 Å². The van der Waals surface area contributed by atoms with Crippen molar-refractivity contribution in [1.29, 1.82) is 0 Å². The number of nitrogens with zero attached hydrogens (tertiary/aromatic N) is 2. The van der Waals surface area contributed by atoms with E-state index in [-0.39, 0.29) is 5.41 Å². The summed E-state index contributed by atoms with van der Waals surface area (Å²) in [6.45, 7) is 9.99. The molecule has 2 aliphatic heterocycles. The highest BCUT2D eigenvalue weighted by molar-refractivity contribution is 5.46. The third kappa shape index (κ3) is 4.42. The van der Waals surface area contributed by atoms with Crippen LogP contribution in [0.1, 0.15) is 25.5 Å². The maximum absolute atomic E-state index is 10.8. The van der Waals surface area contributed by atoms with Gasteiger partial charge in [-0.3, -0.25) is 4.90 Å². The van der Waals surface area contributed by atoms with Crippen molar-refractivity contribution in [2.45, 2.75) is 20.0 Å². The Morgan fingerprint density at radius 1 is 0.929 bits per heavy atom. The van der Waals surface area contributed by atoms with Gasteiger partial charge >= 0.3 is 0 Å². The predicted molar refractivity (Wildman–Crippen MR) is 111 cm³/mol. The molecule has 0 aromatic heterocycles. The first-order chi connectivity index (χ1) is 13.5. The van der Waals surface area contributed by atoms with Crippen LogP contribution in [0.15, 0.2) is 48.5 Å². The topological polar surface area (TPSA) is 45.2 Å². The standard InChI is InChI=1S/C23H30N2O3/c1-23(2)16-27-21-9-8-18(14-22(21)28-17-23)20(26)15-24-10-12-25(13-11-24)19-6-4-3-5-7-19/h3-9,14,20,26H,10-13,15-17H2,1-2H3. The van der Waals surface area contributed by atoms with Crippen molar-refractivity contribution in [3.05, 3.63) is 54.1 Å². The van der Waals surface area contributed by atoms with Crippen LogP contribution in [0.4, 0.5) is 5.69 Å². The van der Waals surface area contributed by atoms with Gasteiger partial charge < -0.3 is 19.5 Å². The first kappa shape index (κ1) is 19.1. The van der Waals surface area contributed by atoms with Crippen LogP contribution in [0.2, 0.25) is 0 Å². The molecular weight excluding hydrogens is 352 g/mol. The molecule has 0 spiro atoms.